The Bertz CT molecular complexity index is 901. The number of nitrogens with one attached hydrogen (secondary N) is 1. The predicted molar refractivity (Wildman–Crippen MR) is 128 cm³/mol. The van der Waals surface area contributed by atoms with E-state index < -0.39 is 0 Å². The minimum Gasteiger partial charge on any atom is -0.465 e. The van der Waals surface area contributed by atoms with Crippen molar-refractivity contribution < 1.29 is 9.53 Å². The van der Waals surface area contributed by atoms with E-state index in [1.165, 1.54) is 17.6 Å². The molecule has 1 aromatic heterocycles. The van der Waals surface area contributed by atoms with Gasteiger partial charge in [0.15, 0.2) is 5.11 Å². The molecular formula is C24H30N2O2S2. The van der Waals surface area contributed by atoms with Gasteiger partial charge in [-0.3, -0.25) is 0 Å². The largest absolute Gasteiger partial charge is 0.465 e. The molecule has 2 aromatic rings. The van der Waals surface area contributed by atoms with E-state index in [0.29, 0.717) is 17.4 Å². The van der Waals surface area contributed by atoms with Gasteiger partial charge in [-0.05, 0) is 73.7 Å². The topological polar surface area (TPSA) is 41.6 Å². The molecular weight excluding hydrogens is 412 g/mol. The molecule has 1 atom stereocenters. The Labute approximate surface area is 188 Å². The molecule has 1 aliphatic heterocycles. The first-order valence-electron chi connectivity index (χ1n) is 10.9. The van der Waals surface area contributed by atoms with Gasteiger partial charge in [0, 0.05) is 18.0 Å². The summed E-state index contributed by atoms with van der Waals surface area (Å²) in [5.41, 5.74) is 3.28. The van der Waals surface area contributed by atoms with Crippen LogP contribution < -0.4 is 5.32 Å². The highest BCUT2D eigenvalue weighted by Gasteiger charge is 2.29. The third-order valence-corrected chi connectivity index (χ3v) is 7.92. The van der Waals surface area contributed by atoms with Crippen molar-refractivity contribution in [2.24, 2.45) is 11.8 Å². The summed E-state index contributed by atoms with van der Waals surface area (Å²) >= 11 is 7.42. The molecule has 2 aliphatic rings. The van der Waals surface area contributed by atoms with Gasteiger partial charge in [0.25, 0.3) is 0 Å². The van der Waals surface area contributed by atoms with Gasteiger partial charge < -0.3 is 15.0 Å². The van der Waals surface area contributed by atoms with E-state index in [9.17, 15) is 4.79 Å². The molecule has 160 valence electrons. The number of benzene rings is 1. The fourth-order valence-electron chi connectivity index (χ4n) is 4.62. The Kier molecular flexibility index (Phi) is 6.74. The highest BCUT2D eigenvalue weighted by molar-refractivity contribution is 7.80. The van der Waals surface area contributed by atoms with Crippen LogP contribution in [-0.2, 0) is 24.0 Å². The standard InChI is InChI=1S/C24H30N2O2S2/c1-16-8-9-19-20(14-16)30-22(21(19)23(27)28-2)25-24(29)26-12-10-18(11-13-26)15-17-6-4-3-5-7-17/h3-7,16,18H,8-15H2,1-2H3,(H,25,29)/t16-/m0/s1. The van der Waals surface area contributed by atoms with E-state index in [-0.39, 0.29) is 5.97 Å². The van der Waals surface area contributed by atoms with Crippen LogP contribution in [0.25, 0.3) is 0 Å². The lowest BCUT2D eigenvalue weighted by atomic mass is 9.88. The van der Waals surface area contributed by atoms with Gasteiger partial charge in [-0.15, -0.1) is 11.3 Å². The fourth-order valence-corrected chi connectivity index (χ4v) is 6.37. The van der Waals surface area contributed by atoms with Crippen molar-refractivity contribution in [1.82, 2.24) is 4.90 Å². The molecule has 1 fully saturated rings. The Morgan fingerprint density at radius 3 is 2.67 bits per heavy atom. The molecule has 4 nitrogen and oxygen atoms in total. The second-order valence-electron chi connectivity index (χ2n) is 8.60. The number of ether oxygens (including phenoxy) is 1. The van der Waals surface area contributed by atoms with Crippen LogP contribution in [0.2, 0.25) is 0 Å². The lowest BCUT2D eigenvalue weighted by molar-refractivity contribution is 0.0601. The van der Waals surface area contributed by atoms with Crippen molar-refractivity contribution in [1.29, 1.82) is 0 Å². The molecule has 1 saturated heterocycles. The van der Waals surface area contributed by atoms with Crippen LogP contribution in [0.3, 0.4) is 0 Å². The number of carbonyl (C=O) groups excluding carboxylic acids is 1. The van der Waals surface area contributed by atoms with Gasteiger partial charge in [0.2, 0.25) is 0 Å². The Morgan fingerprint density at radius 1 is 1.23 bits per heavy atom. The summed E-state index contributed by atoms with van der Waals surface area (Å²) in [6.45, 7) is 4.19. The number of methoxy groups -OCH3 is 1. The van der Waals surface area contributed by atoms with Gasteiger partial charge in [-0.2, -0.15) is 0 Å². The summed E-state index contributed by atoms with van der Waals surface area (Å²) in [5.74, 6) is 1.10. The highest BCUT2D eigenvalue weighted by Crippen LogP contribution is 2.40. The predicted octanol–water partition coefficient (Wildman–Crippen LogP) is 5.31. The number of hydrogen-bond donors (Lipinski definition) is 1. The number of hydrogen-bond acceptors (Lipinski definition) is 4. The summed E-state index contributed by atoms with van der Waals surface area (Å²) in [6, 6.07) is 10.7. The van der Waals surface area contributed by atoms with Crippen LogP contribution in [0.4, 0.5) is 5.00 Å². The molecule has 0 bridgehead atoms. The van der Waals surface area contributed by atoms with Gasteiger partial charge in [0.05, 0.1) is 12.7 Å². The summed E-state index contributed by atoms with van der Waals surface area (Å²) in [4.78, 5) is 16.1. The number of rotatable bonds is 4. The van der Waals surface area contributed by atoms with Crippen molar-refractivity contribution in [2.45, 2.75) is 45.4 Å². The molecule has 0 unspecified atom stereocenters. The molecule has 1 aromatic carbocycles. The first-order chi connectivity index (χ1) is 14.5. The van der Waals surface area contributed by atoms with Crippen molar-refractivity contribution in [3.8, 4) is 0 Å². The Hall–Kier alpha value is -1.92. The van der Waals surface area contributed by atoms with Crippen molar-refractivity contribution >= 4 is 39.6 Å². The number of likely N-dealkylation sites (tertiary alicyclic amines) is 1. The first-order valence-corrected chi connectivity index (χ1v) is 12.1. The number of nitrogens with zero attached hydrogens (tertiary/aromatic N) is 1. The lowest BCUT2D eigenvalue weighted by Gasteiger charge is -2.33. The van der Waals surface area contributed by atoms with Crippen molar-refractivity contribution in [3.05, 3.63) is 51.9 Å². The van der Waals surface area contributed by atoms with Crippen LogP contribution in [0, 0.1) is 11.8 Å². The van der Waals surface area contributed by atoms with Gasteiger partial charge >= 0.3 is 5.97 Å². The van der Waals surface area contributed by atoms with Crippen molar-refractivity contribution in [2.75, 3.05) is 25.5 Å². The second-order valence-corrected chi connectivity index (χ2v) is 10.1. The van der Waals surface area contributed by atoms with E-state index in [1.54, 1.807) is 11.3 Å². The van der Waals surface area contributed by atoms with Crippen LogP contribution >= 0.6 is 23.6 Å². The summed E-state index contributed by atoms with van der Waals surface area (Å²) in [6.07, 6.45) is 6.50. The molecule has 4 rings (SSSR count). The average molecular weight is 443 g/mol. The monoisotopic (exact) mass is 442 g/mol. The summed E-state index contributed by atoms with van der Waals surface area (Å²) in [7, 11) is 1.46. The molecule has 30 heavy (non-hydrogen) atoms. The van der Waals surface area contributed by atoms with Crippen molar-refractivity contribution in [3.63, 3.8) is 0 Å². The van der Waals surface area contributed by atoms with Crippen LogP contribution in [0.5, 0.6) is 0 Å². The van der Waals surface area contributed by atoms with Crippen LogP contribution in [-0.4, -0.2) is 36.2 Å². The number of anilines is 1. The molecule has 6 heteroatoms. The third-order valence-electron chi connectivity index (χ3n) is 6.39. The fraction of sp³-hybridized carbons (Fsp3) is 0.500. The van der Waals surface area contributed by atoms with Crippen LogP contribution in [0.1, 0.15) is 52.5 Å². The zero-order valence-corrected chi connectivity index (χ0v) is 19.4. The lowest BCUT2D eigenvalue weighted by Crippen LogP contribution is -2.41. The number of esters is 1. The molecule has 2 heterocycles. The number of thiocarbonyl (C=S) groups is 1. The van der Waals surface area contributed by atoms with E-state index >= 15 is 0 Å². The maximum Gasteiger partial charge on any atom is 0.341 e. The van der Waals surface area contributed by atoms with Gasteiger partial charge in [-0.25, -0.2) is 4.79 Å². The summed E-state index contributed by atoms with van der Waals surface area (Å²) in [5, 5.41) is 4.99. The average Bonchev–Trinajstić information content (AvgIpc) is 3.11. The minimum absolute atomic E-state index is 0.256. The number of piperidine rings is 1. The first kappa shape index (κ1) is 21.3. The van der Waals surface area contributed by atoms with E-state index in [0.717, 1.165) is 67.3 Å². The number of fused-ring (bicyclic) bond motifs is 1. The van der Waals surface area contributed by atoms with E-state index in [1.807, 2.05) is 0 Å². The Balaban J connectivity index is 1.40. The van der Waals surface area contributed by atoms with Crippen LogP contribution in [0.15, 0.2) is 30.3 Å². The molecule has 1 aliphatic carbocycles. The number of carbonyl (C=O) groups is 1. The van der Waals surface area contributed by atoms with Gasteiger partial charge in [-0.1, -0.05) is 37.3 Å². The van der Waals surface area contributed by atoms with E-state index in [2.05, 4.69) is 47.5 Å². The quantitative estimate of drug-likeness (QED) is 0.513. The highest BCUT2D eigenvalue weighted by atomic mass is 32.1. The SMILES string of the molecule is COC(=O)c1c(NC(=S)N2CCC(Cc3ccccc3)CC2)sc2c1CC[C@H](C)C2. The third kappa shape index (κ3) is 4.70. The summed E-state index contributed by atoms with van der Waals surface area (Å²) < 4.78 is 5.10. The zero-order valence-electron chi connectivity index (χ0n) is 17.8. The zero-order chi connectivity index (χ0) is 21.1. The maximum atomic E-state index is 12.5. The number of thiophene rings is 1. The minimum atomic E-state index is -0.256. The molecule has 1 N–H and O–H groups in total. The molecule has 0 amide bonds. The molecule has 0 saturated carbocycles. The molecule has 0 spiro atoms. The maximum absolute atomic E-state index is 12.5. The van der Waals surface area contributed by atoms with Gasteiger partial charge in [0.1, 0.15) is 5.00 Å². The Morgan fingerprint density at radius 2 is 1.97 bits per heavy atom. The smallest absolute Gasteiger partial charge is 0.341 e. The second kappa shape index (κ2) is 9.48. The molecule has 0 radical (unpaired) electrons. The normalized spacial score (nSPS) is 19.3. The van der Waals surface area contributed by atoms with E-state index in [4.69, 9.17) is 17.0 Å².